The van der Waals surface area contributed by atoms with Crippen molar-refractivity contribution < 1.29 is 49.2 Å². The number of para-hydroxylation sites is 2. The molecule has 6 aromatic rings. The number of phenolic OH excluding ortho intramolecular Hbond substituents is 1. The summed E-state index contributed by atoms with van der Waals surface area (Å²) in [6, 6.07) is 20.8. The summed E-state index contributed by atoms with van der Waals surface area (Å²) in [5, 5.41) is 31.6. The number of carbonyl (C=O) groups is 8. The van der Waals surface area contributed by atoms with Crippen molar-refractivity contribution in [1.82, 2.24) is 47.2 Å². The van der Waals surface area contributed by atoms with Gasteiger partial charge < -0.3 is 69.5 Å². The van der Waals surface area contributed by atoms with Crippen LogP contribution in [-0.4, -0.2) is 128 Å². The lowest BCUT2D eigenvalue weighted by molar-refractivity contribution is -0.368. The first-order valence-corrected chi connectivity index (χ1v) is 29.5. The van der Waals surface area contributed by atoms with Crippen LogP contribution in [0.4, 0.5) is 0 Å². The fourth-order valence-corrected chi connectivity index (χ4v) is 11.9. The fraction of sp³-hybridized carbons (Fsp3) is 0.379. The lowest BCUT2D eigenvalue weighted by Crippen LogP contribution is -2.65. The Balaban J connectivity index is 1.27. The van der Waals surface area contributed by atoms with Crippen LogP contribution >= 0.6 is 21.6 Å². The Kier molecular flexibility index (Phi) is 21.4. The number of aromatic hydroxyl groups is 1. The van der Waals surface area contributed by atoms with Crippen molar-refractivity contribution in [1.29, 1.82) is 0 Å². The van der Waals surface area contributed by atoms with E-state index in [1.807, 2.05) is 66.7 Å². The van der Waals surface area contributed by atoms with Crippen LogP contribution < -0.4 is 54.4 Å². The second kappa shape index (κ2) is 28.5. The standard InChI is InChI=1S/C58H72N12O9S2/c1-33(2)49-56(78)68-48(53(75)64-44(50(61)72)27-36-29-62-42-17-9-7-15-39(36)42)32-81-80-31-47(67-51(73)41(60)25-34-13-5-4-6-14-34)54(76)65-45(26-35-19-21-38(71)22-20-35)52(74)66-46(28-37-30-63-43-18-10-8-16-40(37)43)55(77)70-58(3,57(79)69-49)23-11-12-24-59/h4-10,13-22,29-30,33,41,44-49,62-63,71H,11-12,23-28,31-32,59-60H2,1-3H3,(H2,61,72)(H,64,75)(H,65,76)(H,66,74)(H,67,73)(H,68,78)(H,69,79)(H,70,77)/p+1/t41-,44+,45+,46-,47+,48+,49+,58+/m1/s1. The highest BCUT2D eigenvalue weighted by atomic mass is 33.1. The van der Waals surface area contributed by atoms with Crippen LogP contribution in [-0.2, 0) is 64.0 Å². The van der Waals surface area contributed by atoms with Gasteiger partial charge in [-0.3, -0.25) is 38.4 Å². The minimum Gasteiger partial charge on any atom is -0.508 e. The molecule has 1 aliphatic heterocycles. The monoisotopic (exact) mass is 1150 g/mol. The molecule has 0 spiro atoms. The number of benzene rings is 4. The van der Waals surface area contributed by atoms with E-state index < -0.39 is 101 Å². The number of phenols is 1. The molecule has 8 atom stereocenters. The molecule has 4 aromatic carbocycles. The van der Waals surface area contributed by atoms with Crippen LogP contribution in [0.25, 0.3) is 21.8 Å². The summed E-state index contributed by atoms with van der Waals surface area (Å²) in [6.07, 6.45) is 4.46. The Morgan fingerprint density at radius 1 is 0.704 bits per heavy atom. The highest BCUT2D eigenvalue weighted by Gasteiger charge is 2.41. The zero-order valence-corrected chi connectivity index (χ0v) is 47.2. The summed E-state index contributed by atoms with van der Waals surface area (Å²) in [5.74, 6) is -7.04. The molecule has 1 fully saturated rings. The molecule has 0 unspecified atom stereocenters. The predicted octanol–water partition coefficient (Wildman–Crippen LogP) is 1.68. The molecule has 2 aromatic heterocycles. The van der Waals surface area contributed by atoms with Crippen LogP contribution in [0.15, 0.2) is 116 Å². The smallest absolute Gasteiger partial charge is 0.246 e. The molecule has 1 aliphatic rings. The Morgan fingerprint density at radius 3 is 1.96 bits per heavy atom. The molecule has 0 aliphatic carbocycles. The summed E-state index contributed by atoms with van der Waals surface area (Å²) in [7, 11) is 2.14. The summed E-state index contributed by atoms with van der Waals surface area (Å²) >= 11 is 0. The number of rotatable bonds is 18. The number of carbonyl (C=O) groups excluding carboxylic acids is 8. The molecule has 8 amide bonds. The molecule has 7 rings (SSSR count). The van der Waals surface area contributed by atoms with Crippen LogP contribution in [0.3, 0.4) is 0 Å². The van der Waals surface area contributed by atoms with Crippen molar-refractivity contribution in [2.24, 2.45) is 17.4 Å². The van der Waals surface area contributed by atoms with Crippen molar-refractivity contribution in [2.45, 2.75) is 114 Å². The third kappa shape index (κ3) is 16.6. The number of hydrogen-bond donors (Lipinski definition) is 13. The van der Waals surface area contributed by atoms with Crippen molar-refractivity contribution in [2.75, 3.05) is 18.1 Å². The first-order chi connectivity index (χ1) is 38.8. The second-order valence-electron chi connectivity index (χ2n) is 20.9. The number of aromatic amines is 2. The number of nitrogens with two attached hydrogens (primary N) is 2. The number of nitrogens with one attached hydrogen (secondary N) is 9. The summed E-state index contributed by atoms with van der Waals surface area (Å²) in [5.41, 5.74) is 18.8. The van der Waals surface area contributed by atoms with E-state index in [9.17, 15) is 38.7 Å². The minimum atomic E-state index is -1.70. The lowest BCUT2D eigenvalue weighted by Gasteiger charge is -2.34. The van der Waals surface area contributed by atoms with E-state index in [-0.39, 0.29) is 49.4 Å². The normalized spacial score (nSPS) is 21.7. The van der Waals surface area contributed by atoms with E-state index in [1.54, 1.807) is 50.5 Å². The topological polar surface area (TPSA) is 352 Å². The van der Waals surface area contributed by atoms with E-state index in [4.69, 9.17) is 11.5 Å². The molecule has 0 saturated carbocycles. The number of hydrogen-bond acceptors (Lipinski definition) is 12. The highest BCUT2D eigenvalue weighted by Crippen LogP contribution is 2.26. The predicted molar refractivity (Wildman–Crippen MR) is 313 cm³/mol. The highest BCUT2D eigenvalue weighted by molar-refractivity contribution is 8.76. The Bertz CT molecular complexity index is 3170. The van der Waals surface area contributed by atoms with Crippen molar-refractivity contribution in [3.05, 3.63) is 138 Å². The van der Waals surface area contributed by atoms with Gasteiger partial charge in [-0.15, -0.1) is 0 Å². The SMILES string of the molecule is CC(C)[C@@H]1NC(=O)[C@](C)(CCCC[NH3+])NC(=O)[C@@H](Cc2c[nH]c3ccccc23)NC(=O)[C@H](Cc2ccc(O)cc2)NC(=O)[C@@H](NC(=O)[C@H](N)Cc2ccccc2)CSSC[C@@H](C(=O)N[C@@H](Cc2c[nH]c3ccccc23)C(N)=O)NC1=O. The molecule has 23 heteroatoms. The van der Waals surface area contributed by atoms with Crippen LogP contribution in [0.5, 0.6) is 5.75 Å². The first kappa shape index (κ1) is 60.8. The molecular formula is C58H73N12O9S2+. The van der Waals surface area contributed by atoms with E-state index in [0.29, 0.717) is 36.1 Å². The van der Waals surface area contributed by atoms with Crippen LogP contribution in [0.2, 0.25) is 0 Å². The van der Waals surface area contributed by atoms with E-state index in [1.165, 1.54) is 19.1 Å². The van der Waals surface area contributed by atoms with Crippen molar-refractivity contribution in [3.63, 3.8) is 0 Å². The van der Waals surface area contributed by atoms with Gasteiger partial charge in [-0.1, -0.05) is 114 Å². The summed E-state index contributed by atoms with van der Waals surface area (Å²) in [4.78, 5) is 122. The zero-order chi connectivity index (χ0) is 58.2. The van der Waals surface area contributed by atoms with Gasteiger partial charge in [-0.2, -0.15) is 0 Å². The molecule has 1 saturated heterocycles. The third-order valence-electron chi connectivity index (χ3n) is 14.3. The largest absolute Gasteiger partial charge is 0.508 e. The van der Waals surface area contributed by atoms with E-state index in [0.717, 1.165) is 49.0 Å². The number of unbranched alkanes of at least 4 members (excludes halogenated alkanes) is 1. The number of fused-ring (bicyclic) bond motifs is 2. The van der Waals surface area contributed by atoms with Crippen LogP contribution in [0, 0.1) is 5.92 Å². The van der Waals surface area contributed by atoms with Gasteiger partial charge in [0, 0.05) is 65.0 Å². The fourth-order valence-electron chi connectivity index (χ4n) is 9.55. The molecule has 0 radical (unpaired) electrons. The van der Waals surface area contributed by atoms with Crippen molar-refractivity contribution in [3.8, 4) is 5.75 Å². The maximum absolute atomic E-state index is 15.1. The summed E-state index contributed by atoms with van der Waals surface area (Å²) in [6.45, 7) is 5.47. The molecule has 430 valence electrons. The zero-order valence-electron chi connectivity index (χ0n) is 45.6. The average molecular weight is 1150 g/mol. The maximum atomic E-state index is 15.1. The van der Waals surface area contributed by atoms with Crippen molar-refractivity contribution >= 4 is 90.7 Å². The van der Waals surface area contributed by atoms with E-state index >= 15 is 4.79 Å². The number of aromatic nitrogens is 2. The molecule has 17 N–H and O–H groups in total. The van der Waals surface area contributed by atoms with Gasteiger partial charge in [0.25, 0.3) is 0 Å². The Hall–Kier alpha value is -7.86. The van der Waals surface area contributed by atoms with Crippen LogP contribution in [0.1, 0.15) is 62.3 Å². The van der Waals surface area contributed by atoms with Gasteiger partial charge >= 0.3 is 0 Å². The molecule has 3 heterocycles. The number of quaternary nitrogens is 1. The minimum absolute atomic E-state index is 0.00795. The van der Waals surface area contributed by atoms with Gasteiger partial charge in [0.2, 0.25) is 47.3 Å². The van der Waals surface area contributed by atoms with Gasteiger partial charge in [0.1, 0.15) is 47.5 Å². The Morgan fingerprint density at radius 2 is 1.31 bits per heavy atom. The molecule has 0 bridgehead atoms. The first-order valence-electron chi connectivity index (χ1n) is 27.0. The number of primary amides is 1. The van der Waals surface area contributed by atoms with Gasteiger partial charge in [0.05, 0.1) is 12.6 Å². The molecular weight excluding hydrogens is 1070 g/mol. The summed E-state index contributed by atoms with van der Waals surface area (Å²) < 4.78 is 0. The van der Waals surface area contributed by atoms with E-state index in [2.05, 4.69) is 52.9 Å². The van der Waals surface area contributed by atoms with Gasteiger partial charge in [-0.25, -0.2) is 0 Å². The average Bonchev–Trinajstić information content (AvgIpc) is 4.09. The molecule has 81 heavy (non-hydrogen) atoms. The van der Waals surface area contributed by atoms with Gasteiger partial charge in [-0.05, 0) is 85.0 Å². The number of H-pyrrole nitrogens is 2. The second-order valence-corrected chi connectivity index (χ2v) is 23.5. The quantitative estimate of drug-likeness (QED) is 0.0432. The molecule has 21 nitrogen and oxygen atoms in total. The number of amides is 8. The maximum Gasteiger partial charge on any atom is 0.246 e. The van der Waals surface area contributed by atoms with Gasteiger partial charge in [0.15, 0.2) is 0 Å². The third-order valence-corrected chi connectivity index (χ3v) is 16.7. The lowest BCUT2D eigenvalue weighted by atomic mass is 9.91. The Labute approximate surface area is 477 Å².